The number of likely N-dealkylation sites (tertiary alicyclic amines) is 1. The van der Waals surface area contributed by atoms with Crippen molar-refractivity contribution in [1.82, 2.24) is 15.1 Å². The lowest BCUT2D eigenvalue weighted by Crippen LogP contribution is -2.55. The predicted molar refractivity (Wildman–Crippen MR) is 152 cm³/mol. The van der Waals surface area contributed by atoms with Gasteiger partial charge in [-0.2, -0.15) is 0 Å². The number of amides is 2. The molecule has 1 heterocycles. The lowest BCUT2D eigenvalue weighted by atomic mass is 9.97. The van der Waals surface area contributed by atoms with Crippen LogP contribution in [0.25, 0.3) is 11.1 Å². The number of carboxylic acids is 1. The van der Waals surface area contributed by atoms with Crippen molar-refractivity contribution in [2.24, 2.45) is 5.92 Å². The van der Waals surface area contributed by atoms with Crippen LogP contribution >= 0.6 is 0 Å². The van der Waals surface area contributed by atoms with Gasteiger partial charge in [-0.05, 0) is 47.7 Å². The Bertz CT molecular complexity index is 1320. The second kappa shape index (κ2) is 12.3. The van der Waals surface area contributed by atoms with Crippen molar-refractivity contribution < 1.29 is 24.2 Å². The van der Waals surface area contributed by atoms with E-state index < -0.39 is 24.0 Å². The minimum Gasteiger partial charge on any atom is -0.481 e. The fourth-order valence-corrected chi connectivity index (χ4v) is 5.84. The molecule has 0 bridgehead atoms. The van der Waals surface area contributed by atoms with Gasteiger partial charge in [0.05, 0.1) is 5.92 Å². The fraction of sp³-hybridized carbons (Fsp3) is 0.344. The summed E-state index contributed by atoms with van der Waals surface area (Å²) < 4.78 is 5.73. The molecular weight excluding hydrogens is 506 g/mol. The fourth-order valence-electron chi connectivity index (χ4n) is 5.84. The lowest BCUT2D eigenvalue weighted by molar-refractivity contribution is -0.146. The van der Waals surface area contributed by atoms with Crippen LogP contribution in [0.15, 0.2) is 78.9 Å². The largest absolute Gasteiger partial charge is 0.481 e. The van der Waals surface area contributed by atoms with E-state index in [2.05, 4.69) is 29.6 Å². The maximum atomic E-state index is 13.6. The Kier molecular flexibility index (Phi) is 8.45. The van der Waals surface area contributed by atoms with Gasteiger partial charge in [-0.15, -0.1) is 0 Å². The second-order valence-corrected chi connectivity index (χ2v) is 10.7. The van der Waals surface area contributed by atoms with E-state index in [9.17, 15) is 19.5 Å². The SMILES string of the molecule is CN(Cc1ccccc1)CC(NC(=O)OCC1c2ccccc2-c2ccccc21)C(=O)N1CCCC(C(=O)O)C1. The highest BCUT2D eigenvalue weighted by Gasteiger charge is 2.34. The summed E-state index contributed by atoms with van der Waals surface area (Å²) >= 11 is 0. The van der Waals surface area contributed by atoms with Gasteiger partial charge in [-0.3, -0.25) is 14.5 Å². The van der Waals surface area contributed by atoms with E-state index in [4.69, 9.17) is 4.74 Å². The Morgan fingerprint density at radius 2 is 1.60 bits per heavy atom. The molecule has 0 radical (unpaired) electrons. The summed E-state index contributed by atoms with van der Waals surface area (Å²) in [6.07, 6.45) is 0.484. The van der Waals surface area contributed by atoms with Crippen molar-refractivity contribution in [3.8, 4) is 11.1 Å². The summed E-state index contributed by atoms with van der Waals surface area (Å²) in [5, 5.41) is 12.3. The molecule has 1 aliphatic carbocycles. The zero-order valence-corrected chi connectivity index (χ0v) is 22.7. The summed E-state index contributed by atoms with van der Waals surface area (Å²) in [6.45, 7) is 1.60. The minimum atomic E-state index is -0.903. The number of fused-ring (bicyclic) bond motifs is 3. The van der Waals surface area contributed by atoms with E-state index in [0.29, 0.717) is 25.9 Å². The third-order valence-electron chi connectivity index (χ3n) is 7.81. The maximum absolute atomic E-state index is 13.6. The topological polar surface area (TPSA) is 99.2 Å². The molecule has 2 unspecified atom stereocenters. The van der Waals surface area contributed by atoms with Crippen molar-refractivity contribution in [3.05, 3.63) is 95.6 Å². The molecule has 0 spiro atoms. The Balaban J connectivity index is 1.28. The quantitative estimate of drug-likeness (QED) is 0.418. The Morgan fingerprint density at radius 3 is 2.25 bits per heavy atom. The zero-order valence-electron chi connectivity index (χ0n) is 22.7. The molecule has 8 heteroatoms. The van der Waals surface area contributed by atoms with Crippen LogP contribution in [0.4, 0.5) is 4.79 Å². The molecule has 8 nitrogen and oxygen atoms in total. The molecule has 0 saturated carbocycles. The molecule has 3 aromatic rings. The normalized spacial score (nSPS) is 17.1. The first-order valence-electron chi connectivity index (χ1n) is 13.8. The summed E-state index contributed by atoms with van der Waals surface area (Å²) in [7, 11) is 1.89. The molecule has 40 heavy (non-hydrogen) atoms. The number of carbonyl (C=O) groups excluding carboxylic acids is 2. The molecule has 0 aromatic heterocycles. The average molecular weight is 542 g/mol. The van der Waals surface area contributed by atoms with Crippen LogP contribution in [0.2, 0.25) is 0 Å². The molecular formula is C32H35N3O5. The first-order valence-corrected chi connectivity index (χ1v) is 13.8. The number of aliphatic carboxylic acids is 1. The number of likely N-dealkylation sites (N-methyl/N-ethyl adjacent to an activating group) is 1. The number of ether oxygens (including phenoxy) is 1. The standard InChI is InChI=1S/C32H35N3O5/c1-34(18-22-10-3-2-4-11-22)20-29(30(36)35-17-9-12-23(19-35)31(37)38)33-32(39)40-21-28-26-15-7-5-13-24(26)25-14-6-8-16-27(25)28/h2-8,10-11,13-16,23,28-29H,9,12,17-21H2,1H3,(H,33,39)(H,37,38). The second-order valence-electron chi connectivity index (χ2n) is 10.7. The van der Waals surface area contributed by atoms with Gasteiger partial charge in [0.25, 0.3) is 0 Å². The van der Waals surface area contributed by atoms with Gasteiger partial charge >= 0.3 is 12.1 Å². The van der Waals surface area contributed by atoms with Gasteiger partial charge < -0.3 is 20.1 Å². The molecule has 1 fully saturated rings. The van der Waals surface area contributed by atoms with Gasteiger partial charge in [-0.25, -0.2) is 4.79 Å². The number of hydrogen-bond acceptors (Lipinski definition) is 5. The van der Waals surface area contributed by atoms with Gasteiger partial charge in [0, 0.05) is 32.1 Å². The number of carbonyl (C=O) groups is 3. The van der Waals surface area contributed by atoms with E-state index in [0.717, 1.165) is 27.8 Å². The Hall–Kier alpha value is -4.17. The molecule has 5 rings (SSSR count). The zero-order chi connectivity index (χ0) is 28.1. The molecule has 2 amide bonds. The van der Waals surface area contributed by atoms with E-state index in [1.807, 2.05) is 66.5 Å². The molecule has 2 aliphatic rings. The van der Waals surface area contributed by atoms with Crippen molar-refractivity contribution in [2.75, 3.05) is 33.3 Å². The Morgan fingerprint density at radius 1 is 0.975 bits per heavy atom. The van der Waals surface area contributed by atoms with Crippen molar-refractivity contribution in [2.45, 2.75) is 31.3 Å². The summed E-state index contributed by atoms with van der Waals surface area (Å²) in [5.41, 5.74) is 5.59. The lowest BCUT2D eigenvalue weighted by Gasteiger charge is -2.34. The molecule has 2 atom stereocenters. The van der Waals surface area contributed by atoms with Crippen molar-refractivity contribution in [1.29, 1.82) is 0 Å². The van der Waals surface area contributed by atoms with Crippen LogP contribution in [-0.2, 0) is 20.9 Å². The molecule has 208 valence electrons. The number of carboxylic acid groups (broad SMARTS) is 1. The van der Waals surface area contributed by atoms with E-state index in [1.54, 1.807) is 4.90 Å². The van der Waals surface area contributed by atoms with Gasteiger partial charge in [0.2, 0.25) is 5.91 Å². The van der Waals surface area contributed by atoms with Gasteiger partial charge in [-0.1, -0.05) is 78.9 Å². The number of nitrogens with one attached hydrogen (secondary N) is 1. The smallest absolute Gasteiger partial charge is 0.407 e. The van der Waals surface area contributed by atoms with Gasteiger partial charge in [0.1, 0.15) is 12.6 Å². The van der Waals surface area contributed by atoms with Gasteiger partial charge in [0.15, 0.2) is 0 Å². The number of alkyl carbamates (subject to hydrolysis) is 1. The third-order valence-corrected chi connectivity index (χ3v) is 7.81. The average Bonchev–Trinajstić information content (AvgIpc) is 3.29. The maximum Gasteiger partial charge on any atom is 0.407 e. The van der Waals surface area contributed by atoms with Crippen LogP contribution in [0, 0.1) is 5.92 Å². The number of hydrogen-bond donors (Lipinski definition) is 2. The minimum absolute atomic E-state index is 0.0912. The summed E-state index contributed by atoms with van der Waals surface area (Å²) in [4.78, 5) is 41.9. The number of piperidine rings is 1. The summed E-state index contributed by atoms with van der Waals surface area (Å²) in [5.74, 6) is -1.89. The van der Waals surface area contributed by atoms with Crippen LogP contribution in [0.1, 0.15) is 35.4 Å². The molecule has 1 aliphatic heterocycles. The highest BCUT2D eigenvalue weighted by Crippen LogP contribution is 2.44. The molecule has 3 aromatic carbocycles. The highest BCUT2D eigenvalue weighted by molar-refractivity contribution is 5.87. The highest BCUT2D eigenvalue weighted by atomic mass is 16.5. The predicted octanol–water partition coefficient (Wildman–Crippen LogP) is 4.35. The van der Waals surface area contributed by atoms with E-state index in [-0.39, 0.29) is 31.5 Å². The summed E-state index contributed by atoms with van der Waals surface area (Å²) in [6, 6.07) is 25.2. The Labute approximate surface area is 234 Å². The monoisotopic (exact) mass is 541 g/mol. The number of nitrogens with zero attached hydrogens (tertiary/aromatic N) is 2. The number of rotatable bonds is 9. The molecule has 2 N–H and O–H groups in total. The first-order chi connectivity index (χ1) is 19.4. The van der Waals surface area contributed by atoms with Crippen LogP contribution in [0.5, 0.6) is 0 Å². The van der Waals surface area contributed by atoms with E-state index in [1.165, 1.54) is 0 Å². The third kappa shape index (κ3) is 6.18. The van der Waals surface area contributed by atoms with Crippen LogP contribution in [0.3, 0.4) is 0 Å². The van der Waals surface area contributed by atoms with Crippen molar-refractivity contribution >= 4 is 18.0 Å². The molecule has 1 saturated heterocycles. The first kappa shape index (κ1) is 27.4. The van der Waals surface area contributed by atoms with Crippen molar-refractivity contribution in [3.63, 3.8) is 0 Å². The van der Waals surface area contributed by atoms with Crippen LogP contribution in [-0.4, -0.2) is 72.2 Å². The number of benzene rings is 3. The van der Waals surface area contributed by atoms with Crippen LogP contribution < -0.4 is 5.32 Å². The van der Waals surface area contributed by atoms with E-state index >= 15 is 0 Å².